The molecule has 0 aromatic heterocycles. The van der Waals surface area contributed by atoms with Crippen LogP contribution in [0, 0.1) is 0 Å². The molecule has 0 saturated carbocycles. The van der Waals surface area contributed by atoms with Crippen molar-refractivity contribution in [1.82, 2.24) is 10.6 Å². The average molecular weight is 914 g/mol. The smallest absolute Gasteiger partial charge is 0.379 e. The van der Waals surface area contributed by atoms with Crippen LogP contribution in [0.15, 0.2) is 0 Å². The molecular weight excluding hydrogens is 815 g/mol. The van der Waals surface area contributed by atoms with Crippen molar-refractivity contribution in [3.8, 4) is 0 Å². The number of hydrogen-bond acceptors (Lipinski definition) is 13. The second-order valence-corrected chi connectivity index (χ2v) is 18.3. The number of ether oxygens (including phenoxy) is 4. The number of carbonyl (C=O) groups is 1. The molecule has 0 aliphatic rings. The van der Waals surface area contributed by atoms with Gasteiger partial charge in [0.15, 0.2) is 12.6 Å². The Hall–Kier alpha value is -0.580. The monoisotopic (exact) mass is 914 g/mol. The topological polar surface area (TPSA) is 198 Å². The fourth-order valence-corrected chi connectivity index (χ4v) is 7.85. The molecule has 62 heavy (non-hydrogen) atoms. The third kappa shape index (κ3) is 46.0. The first-order chi connectivity index (χ1) is 30.1. The molecule has 0 aromatic rings. The Kier molecular flexibility index (Phi) is 46.5. The van der Waals surface area contributed by atoms with Gasteiger partial charge in [0.1, 0.15) is 25.5 Å². The molecule has 0 bridgehead atoms. The zero-order chi connectivity index (χ0) is 45.6. The zero-order valence-electron chi connectivity index (χ0n) is 39.9. The molecule has 0 saturated heterocycles. The Bertz CT molecular complexity index is 928. The van der Waals surface area contributed by atoms with Crippen LogP contribution in [0.25, 0.3) is 0 Å². The molecule has 1 amide bonds. The van der Waals surface area contributed by atoms with E-state index in [1.807, 2.05) is 6.92 Å². The van der Waals surface area contributed by atoms with E-state index in [1.165, 1.54) is 128 Å². The van der Waals surface area contributed by atoms with Gasteiger partial charge in [0, 0.05) is 26.1 Å². The fraction of sp³-hybridized carbons (Fsp3) is 0.979. The summed E-state index contributed by atoms with van der Waals surface area (Å²) in [5.41, 5.74) is 0. The number of amides is 1. The molecule has 372 valence electrons. The van der Waals surface area contributed by atoms with Crippen LogP contribution in [-0.2, 0) is 32.8 Å². The number of unbranched alkanes of at least 4 members (excludes halogenated alkanes) is 24. The van der Waals surface area contributed by atoms with Crippen molar-refractivity contribution in [2.75, 3.05) is 59.3 Å². The summed E-state index contributed by atoms with van der Waals surface area (Å²) >= 11 is 0. The summed E-state index contributed by atoms with van der Waals surface area (Å²) in [5.74, 6) is -0.330. The molecule has 0 spiro atoms. The van der Waals surface area contributed by atoms with Crippen LogP contribution < -0.4 is 10.6 Å². The minimum atomic E-state index is -4.30. The van der Waals surface area contributed by atoms with E-state index in [0.29, 0.717) is 45.8 Å². The average Bonchev–Trinajstić information content (AvgIpc) is 3.25. The van der Waals surface area contributed by atoms with Gasteiger partial charge in [-0.25, -0.2) is 0 Å². The van der Waals surface area contributed by atoms with Crippen molar-refractivity contribution in [1.29, 1.82) is 0 Å². The van der Waals surface area contributed by atoms with E-state index in [-0.39, 0.29) is 45.1 Å². The van der Waals surface area contributed by atoms with Gasteiger partial charge in [-0.1, -0.05) is 168 Å². The van der Waals surface area contributed by atoms with Crippen molar-refractivity contribution >= 4 is 14.1 Å². The summed E-state index contributed by atoms with van der Waals surface area (Å²) < 4.78 is 32.6. The van der Waals surface area contributed by atoms with Gasteiger partial charge in [-0.3, -0.25) is 10.1 Å². The van der Waals surface area contributed by atoms with Crippen molar-refractivity contribution < 1.29 is 57.9 Å². The minimum Gasteiger partial charge on any atom is -0.379 e. The van der Waals surface area contributed by atoms with E-state index < -0.39 is 33.1 Å². The molecule has 0 unspecified atom stereocenters. The highest BCUT2D eigenvalue weighted by Gasteiger charge is 2.40. The standard InChI is InChI=1S/C47H97N2O12P/c1-4-7-9-11-13-15-17-19-21-23-25-27-29-31-46(52)58-41-43(61-47(53)32-30-28-26-24-22-20-18-16-14-12-10-8-5-2)42-60-62(54,55)59-38-36-49-45(51)34-33-44(50)48-35-37-57-40-39-56-6-3/h43-44,46-48,50,52-55H,4-42H2,1-3H3/p+1/t43-,44-,46-,47+/m1/s1. The normalized spacial score (nSPS) is 14.0. The van der Waals surface area contributed by atoms with Gasteiger partial charge in [0.05, 0.1) is 26.4 Å². The minimum absolute atomic E-state index is 0.00543. The lowest BCUT2D eigenvalue weighted by molar-refractivity contribution is -0.191. The van der Waals surface area contributed by atoms with Gasteiger partial charge in [0.2, 0.25) is 5.91 Å². The number of aliphatic hydroxyl groups is 3. The SMILES string of the molecule is CCCCCCCCCCCCCCC[C@@H](O)O[C@H](CO[C@@H](O)CCCCCCCCCCCCCCC)CO[P+](O)(O)OCCNC(=O)CC[C@@H](O)NCCOCCOCC. The lowest BCUT2D eigenvalue weighted by Gasteiger charge is -2.23. The maximum atomic E-state index is 12.2. The van der Waals surface area contributed by atoms with Crippen molar-refractivity contribution in [3.05, 3.63) is 0 Å². The first kappa shape index (κ1) is 61.4. The van der Waals surface area contributed by atoms with Crippen molar-refractivity contribution in [2.45, 2.75) is 238 Å². The molecule has 0 rings (SSSR count). The molecule has 0 heterocycles. The Labute approximate surface area is 379 Å². The number of carbonyl (C=O) groups excluding carboxylic acids is 1. The molecule has 0 aromatic carbocycles. The molecule has 7 N–H and O–H groups in total. The predicted molar refractivity (Wildman–Crippen MR) is 250 cm³/mol. The van der Waals surface area contributed by atoms with Crippen LogP contribution in [0.5, 0.6) is 0 Å². The largest absolute Gasteiger partial charge is 0.570 e. The molecule has 14 nitrogen and oxygen atoms in total. The van der Waals surface area contributed by atoms with Gasteiger partial charge >= 0.3 is 8.17 Å². The van der Waals surface area contributed by atoms with Gasteiger partial charge in [-0.05, 0) is 39.0 Å². The first-order valence-electron chi connectivity index (χ1n) is 25.2. The van der Waals surface area contributed by atoms with Crippen LogP contribution in [-0.4, -0.2) is 115 Å². The molecule has 0 aliphatic carbocycles. The fourth-order valence-electron chi connectivity index (χ4n) is 7.08. The van der Waals surface area contributed by atoms with Crippen LogP contribution in [0.2, 0.25) is 0 Å². The lowest BCUT2D eigenvalue weighted by atomic mass is 10.0. The van der Waals surface area contributed by atoms with E-state index in [1.54, 1.807) is 0 Å². The van der Waals surface area contributed by atoms with Gasteiger partial charge in [0.25, 0.3) is 0 Å². The summed E-state index contributed by atoms with van der Waals surface area (Å²) in [6, 6.07) is 0. The summed E-state index contributed by atoms with van der Waals surface area (Å²) in [6.07, 6.45) is 29.3. The van der Waals surface area contributed by atoms with E-state index in [2.05, 4.69) is 24.5 Å². The van der Waals surface area contributed by atoms with Crippen LogP contribution in [0.4, 0.5) is 0 Å². The number of aliphatic hydroxyl groups excluding tert-OH is 3. The van der Waals surface area contributed by atoms with Crippen molar-refractivity contribution in [2.24, 2.45) is 0 Å². The Morgan fingerprint density at radius 3 is 1.48 bits per heavy atom. The van der Waals surface area contributed by atoms with E-state index in [4.69, 9.17) is 28.0 Å². The molecule has 0 radical (unpaired) electrons. The van der Waals surface area contributed by atoms with Gasteiger partial charge in [-0.15, -0.1) is 0 Å². The summed E-state index contributed by atoms with van der Waals surface area (Å²) in [6.45, 7) is 8.17. The molecule has 0 aliphatic heterocycles. The quantitative estimate of drug-likeness (QED) is 0.0173. The van der Waals surface area contributed by atoms with E-state index in [0.717, 1.165) is 38.5 Å². The third-order valence-electron chi connectivity index (χ3n) is 10.9. The number of hydrogen-bond donors (Lipinski definition) is 7. The number of nitrogens with one attached hydrogen (secondary N) is 2. The van der Waals surface area contributed by atoms with Gasteiger partial charge < -0.3 is 39.6 Å². The summed E-state index contributed by atoms with van der Waals surface area (Å²) in [5, 5.41) is 36.8. The molecule has 4 atom stereocenters. The number of rotatable bonds is 51. The van der Waals surface area contributed by atoms with Crippen molar-refractivity contribution in [3.63, 3.8) is 0 Å². The summed E-state index contributed by atoms with van der Waals surface area (Å²) in [7, 11) is -4.30. The van der Waals surface area contributed by atoms with Crippen LogP contribution in [0.3, 0.4) is 0 Å². The molecule has 15 heteroatoms. The van der Waals surface area contributed by atoms with E-state index in [9.17, 15) is 29.9 Å². The Morgan fingerprint density at radius 1 is 0.516 bits per heavy atom. The summed E-state index contributed by atoms with van der Waals surface area (Å²) in [4.78, 5) is 33.1. The highest BCUT2D eigenvalue weighted by Crippen LogP contribution is 2.52. The van der Waals surface area contributed by atoms with E-state index >= 15 is 0 Å². The maximum absolute atomic E-state index is 12.2. The maximum Gasteiger partial charge on any atom is 0.570 e. The first-order valence-corrected chi connectivity index (χ1v) is 26.8. The van der Waals surface area contributed by atoms with Crippen LogP contribution >= 0.6 is 8.17 Å². The third-order valence-corrected chi connectivity index (χ3v) is 11.9. The van der Waals surface area contributed by atoms with Crippen LogP contribution in [0.1, 0.15) is 213 Å². The second-order valence-electron chi connectivity index (χ2n) is 16.9. The molecular formula is C47H98N2O12P+. The van der Waals surface area contributed by atoms with Gasteiger partial charge in [-0.2, -0.15) is 18.8 Å². The Balaban J connectivity index is 4.55. The highest BCUT2D eigenvalue weighted by molar-refractivity contribution is 7.54. The Morgan fingerprint density at radius 2 is 0.984 bits per heavy atom. The lowest BCUT2D eigenvalue weighted by Crippen LogP contribution is -2.34. The predicted octanol–water partition coefficient (Wildman–Crippen LogP) is 9.54. The zero-order valence-corrected chi connectivity index (χ0v) is 40.8. The molecule has 0 fully saturated rings. The second kappa shape index (κ2) is 46.9. The highest BCUT2D eigenvalue weighted by atomic mass is 31.2.